The van der Waals surface area contributed by atoms with Crippen LogP contribution in [0.5, 0.6) is 0 Å². The number of thiophene rings is 1. The van der Waals surface area contributed by atoms with E-state index in [0.717, 1.165) is 16.6 Å². The fraction of sp³-hybridized carbons (Fsp3) is 0.188. The van der Waals surface area contributed by atoms with Gasteiger partial charge in [-0.25, -0.2) is 0 Å². The van der Waals surface area contributed by atoms with Crippen molar-refractivity contribution in [2.75, 3.05) is 5.32 Å². The van der Waals surface area contributed by atoms with Gasteiger partial charge in [0.15, 0.2) is 0 Å². The first-order valence-corrected chi connectivity index (χ1v) is 7.99. The molecule has 0 amide bonds. The number of benzene rings is 1. The molecule has 0 bridgehead atoms. The lowest BCUT2D eigenvalue weighted by Gasteiger charge is -2.17. The first-order valence-electron chi connectivity index (χ1n) is 6.79. The van der Waals surface area contributed by atoms with Crippen molar-refractivity contribution < 1.29 is 0 Å². The lowest BCUT2D eigenvalue weighted by atomic mass is 10.1. The number of nitrogens with one attached hydrogen (secondary N) is 1. The van der Waals surface area contributed by atoms with Gasteiger partial charge in [0.25, 0.3) is 0 Å². The smallest absolute Gasteiger partial charge is 0.0932 e. The summed E-state index contributed by atoms with van der Waals surface area (Å²) in [4.78, 5) is 1.23. The van der Waals surface area contributed by atoms with E-state index in [2.05, 4.69) is 41.6 Å². The van der Waals surface area contributed by atoms with Crippen molar-refractivity contribution in [2.24, 2.45) is 0 Å². The average molecular weight is 318 g/mol. The highest BCUT2D eigenvalue weighted by molar-refractivity contribution is 7.16. The van der Waals surface area contributed by atoms with Crippen molar-refractivity contribution in [1.29, 1.82) is 0 Å². The Labute approximate surface area is 133 Å². The van der Waals surface area contributed by atoms with Gasteiger partial charge in [0.2, 0.25) is 0 Å². The van der Waals surface area contributed by atoms with Crippen molar-refractivity contribution in [3.8, 4) is 0 Å². The Bertz CT molecular complexity index is 706. The molecule has 2 heterocycles. The molecule has 1 aromatic carbocycles. The molecule has 1 N–H and O–H groups in total. The lowest BCUT2D eigenvalue weighted by Crippen LogP contribution is -2.09. The monoisotopic (exact) mass is 317 g/mol. The molecular weight excluding hydrogens is 302 g/mol. The summed E-state index contributed by atoms with van der Waals surface area (Å²) in [5, 5.41) is 7.83. The van der Waals surface area contributed by atoms with E-state index in [-0.39, 0.29) is 6.04 Å². The number of para-hydroxylation sites is 1. The standard InChI is InChI=1S/C16H16ClN3S/c1-12(15-7-8-16(17)21-15)19-14-6-3-2-5-13(14)11-20-10-4-9-18-20/h2-10,12,19H,11H2,1H3. The summed E-state index contributed by atoms with van der Waals surface area (Å²) in [5.74, 6) is 0. The van der Waals surface area contributed by atoms with Crippen LogP contribution in [-0.2, 0) is 6.54 Å². The Hall–Kier alpha value is -1.78. The molecule has 0 spiro atoms. The van der Waals surface area contributed by atoms with Gasteiger partial charge in [0.05, 0.1) is 16.9 Å². The summed E-state index contributed by atoms with van der Waals surface area (Å²) in [6.45, 7) is 2.90. The van der Waals surface area contributed by atoms with Crippen LogP contribution in [0.25, 0.3) is 0 Å². The van der Waals surface area contributed by atoms with Crippen LogP contribution in [-0.4, -0.2) is 9.78 Å². The minimum Gasteiger partial charge on any atom is -0.377 e. The molecule has 3 nitrogen and oxygen atoms in total. The molecule has 3 aromatic rings. The van der Waals surface area contributed by atoms with Gasteiger partial charge in [0, 0.05) is 23.0 Å². The molecule has 1 atom stereocenters. The second kappa shape index (κ2) is 6.33. The molecule has 3 rings (SSSR count). The maximum Gasteiger partial charge on any atom is 0.0932 e. The van der Waals surface area contributed by atoms with Crippen LogP contribution in [0.2, 0.25) is 4.34 Å². The van der Waals surface area contributed by atoms with Crippen LogP contribution in [0.15, 0.2) is 54.9 Å². The molecule has 0 radical (unpaired) electrons. The fourth-order valence-corrected chi connectivity index (χ4v) is 3.30. The number of nitrogens with zero attached hydrogens (tertiary/aromatic N) is 2. The molecule has 0 fully saturated rings. The van der Waals surface area contributed by atoms with Gasteiger partial charge in [-0.05, 0) is 36.8 Å². The van der Waals surface area contributed by atoms with Gasteiger partial charge in [-0.3, -0.25) is 4.68 Å². The van der Waals surface area contributed by atoms with E-state index in [4.69, 9.17) is 11.6 Å². The van der Waals surface area contributed by atoms with Gasteiger partial charge < -0.3 is 5.32 Å². The molecule has 108 valence electrons. The predicted molar refractivity (Wildman–Crippen MR) is 89.1 cm³/mol. The third kappa shape index (κ3) is 3.46. The number of hydrogen-bond donors (Lipinski definition) is 1. The molecule has 21 heavy (non-hydrogen) atoms. The van der Waals surface area contributed by atoms with E-state index >= 15 is 0 Å². The van der Waals surface area contributed by atoms with Crippen LogP contribution in [0.4, 0.5) is 5.69 Å². The van der Waals surface area contributed by atoms with Crippen molar-refractivity contribution in [1.82, 2.24) is 9.78 Å². The zero-order chi connectivity index (χ0) is 14.7. The fourth-order valence-electron chi connectivity index (χ4n) is 2.23. The maximum atomic E-state index is 6.01. The van der Waals surface area contributed by atoms with Crippen molar-refractivity contribution in [2.45, 2.75) is 19.5 Å². The Morgan fingerprint density at radius 3 is 2.81 bits per heavy atom. The third-order valence-corrected chi connectivity index (χ3v) is 4.72. The Kier molecular flexibility index (Phi) is 4.27. The molecule has 5 heteroatoms. The molecule has 0 saturated carbocycles. The highest BCUT2D eigenvalue weighted by Gasteiger charge is 2.10. The highest BCUT2D eigenvalue weighted by Crippen LogP contribution is 2.30. The van der Waals surface area contributed by atoms with Gasteiger partial charge in [-0.1, -0.05) is 29.8 Å². The molecule has 0 aliphatic carbocycles. The van der Waals surface area contributed by atoms with Crippen LogP contribution in [0.1, 0.15) is 23.4 Å². The van der Waals surface area contributed by atoms with Crippen LogP contribution in [0, 0.1) is 0 Å². The first kappa shape index (κ1) is 14.2. The number of anilines is 1. The summed E-state index contributed by atoms with van der Waals surface area (Å²) < 4.78 is 2.75. The molecule has 2 aromatic heterocycles. The molecule has 0 saturated heterocycles. The molecule has 0 aliphatic rings. The van der Waals surface area contributed by atoms with Crippen LogP contribution >= 0.6 is 22.9 Å². The van der Waals surface area contributed by atoms with Crippen molar-refractivity contribution >= 4 is 28.6 Å². The molecule has 1 unspecified atom stereocenters. The first-order chi connectivity index (χ1) is 10.2. The van der Waals surface area contributed by atoms with E-state index in [1.54, 1.807) is 17.5 Å². The zero-order valence-electron chi connectivity index (χ0n) is 11.7. The van der Waals surface area contributed by atoms with Crippen molar-refractivity contribution in [3.05, 3.63) is 69.6 Å². The maximum absolute atomic E-state index is 6.01. The summed E-state index contributed by atoms with van der Waals surface area (Å²) in [5.41, 5.74) is 2.35. The predicted octanol–water partition coefficient (Wildman–Crippen LogP) is 4.82. The number of rotatable bonds is 5. The van der Waals surface area contributed by atoms with Crippen LogP contribution in [0.3, 0.4) is 0 Å². The second-order valence-corrected chi connectivity index (χ2v) is 6.62. The van der Waals surface area contributed by atoms with Crippen LogP contribution < -0.4 is 5.32 Å². The normalized spacial score (nSPS) is 12.3. The summed E-state index contributed by atoms with van der Waals surface area (Å²) in [7, 11) is 0. The van der Waals surface area contributed by atoms with E-state index in [1.165, 1.54) is 10.4 Å². The van der Waals surface area contributed by atoms with E-state index in [9.17, 15) is 0 Å². The average Bonchev–Trinajstić information content (AvgIpc) is 3.12. The van der Waals surface area contributed by atoms with Gasteiger partial charge in [-0.15, -0.1) is 11.3 Å². The van der Waals surface area contributed by atoms with E-state index in [0.29, 0.717) is 0 Å². The van der Waals surface area contributed by atoms with Gasteiger partial charge in [0.1, 0.15) is 0 Å². The topological polar surface area (TPSA) is 29.9 Å². The Morgan fingerprint density at radius 1 is 1.24 bits per heavy atom. The largest absolute Gasteiger partial charge is 0.377 e. The van der Waals surface area contributed by atoms with E-state index in [1.807, 2.05) is 29.1 Å². The second-order valence-electron chi connectivity index (χ2n) is 4.87. The molecule has 0 aliphatic heterocycles. The number of halogens is 1. The summed E-state index contributed by atoms with van der Waals surface area (Å²) >= 11 is 7.62. The van der Waals surface area contributed by atoms with E-state index < -0.39 is 0 Å². The minimum absolute atomic E-state index is 0.223. The number of hydrogen-bond acceptors (Lipinski definition) is 3. The quantitative estimate of drug-likeness (QED) is 0.731. The molecular formula is C16H16ClN3S. The Morgan fingerprint density at radius 2 is 2.10 bits per heavy atom. The minimum atomic E-state index is 0.223. The Balaban J connectivity index is 1.78. The zero-order valence-corrected chi connectivity index (χ0v) is 13.2. The SMILES string of the molecule is CC(Nc1ccccc1Cn1cccn1)c1ccc(Cl)s1. The number of aromatic nitrogens is 2. The lowest BCUT2D eigenvalue weighted by molar-refractivity contribution is 0.686. The van der Waals surface area contributed by atoms with Gasteiger partial charge >= 0.3 is 0 Å². The highest BCUT2D eigenvalue weighted by atomic mass is 35.5. The van der Waals surface area contributed by atoms with Crippen molar-refractivity contribution in [3.63, 3.8) is 0 Å². The summed E-state index contributed by atoms with van der Waals surface area (Å²) in [6, 6.07) is 14.5. The van der Waals surface area contributed by atoms with Gasteiger partial charge in [-0.2, -0.15) is 5.10 Å². The summed E-state index contributed by atoms with van der Waals surface area (Å²) in [6.07, 6.45) is 3.77. The third-order valence-electron chi connectivity index (χ3n) is 3.30.